The number of esters is 1. The first-order valence-electron chi connectivity index (χ1n) is 10.6. The Morgan fingerprint density at radius 1 is 0.857 bits per heavy atom. The van der Waals surface area contributed by atoms with Crippen LogP contribution in [0.3, 0.4) is 0 Å². The number of fused-ring (bicyclic) bond motifs is 2. The number of carbonyl (C=O) groups is 1. The molecule has 1 saturated carbocycles. The number of methoxy groups -OCH3 is 1. The topological polar surface area (TPSA) is 44.8 Å². The second kappa shape index (κ2) is 7.67. The molecule has 162 valence electrons. The van der Waals surface area contributed by atoms with Crippen LogP contribution in [0.1, 0.15) is 48.0 Å². The molecule has 6 heteroatoms. The molecular formula is C22H42O4Si2. The normalized spacial score (nSPS) is 31.2. The maximum atomic E-state index is 12.5. The fraction of sp³-hybridized carbons (Fsp3) is 0.864. The highest BCUT2D eigenvalue weighted by Crippen LogP contribution is 2.49. The van der Waals surface area contributed by atoms with E-state index in [1.807, 2.05) is 0 Å². The van der Waals surface area contributed by atoms with Gasteiger partial charge in [-0.15, -0.1) is 0 Å². The zero-order valence-electron chi connectivity index (χ0n) is 19.9. The van der Waals surface area contributed by atoms with E-state index in [-0.39, 0.29) is 46.0 Å². The quantitative estimate of drug-likeness (QED) is 0.318. The Bertz CT molecular complexity index is 613. The van der Waals surface area contributed by atoms with Crippen LogP contribution in [0.5, 0.6) is 0 Å². The third-order valence-electron chi connectivity index (χ3n) is 7.67. The summed E-state index contributed by atoms with van der Waals surface area (Å²) >= 11 is 0. The molecule has 0 radical (unpaired) electrons. The number of ether oxygens (including phenoxy) is 1. The van der Waals surface area contributed by atoms with E-state index in [0.717, 1.165) is 6.42 Å². The summed E-state index contributed by atoms with van der Waals surface area (Å²) in [5.41, 5.74) is 0. The summed E-state index contributed by atoms with van der Waals surface area (Å²) < 4.78 is 19.0. The van der Waals surface area contributed by atoms with Crippen molar-refractivity contribution in [3.05, 3.63) is 12.2 Å². The van der Waals surface area contributed by atoms with Gasteiger partial charge in [-0.3, -0.25) is 4.79 Å². The van der Waals surface area contributed by atoms with Crippen molar-refractivity contribution in [3.8, 4) is 0 Å². The van der Waals surface area contributed by atoms with E-state index in [1.54, 1.807) is 0 Å². The van der Waals surface area contributed by atoms with Crippen LogP contribution in [-0.4, -0.2) is 41.9 Å². The van der Waals surface area contributed by atoms with E-state index in [2.05, 4.69) is 79.9 Å². The van der Waals surface area contributed by atoms with Crippen LogP contribution in [0.2, 0.25) is 36.3 Å². The highest BCUT2D eigenvalue weighted by molar-refractivity contribution is 6.74. The zero-order chi connectivity index (χ0) is 21.7. The molecule has 1 unspecified atom stereocenters. The van der Waals surface area contributed by atoms with Crippen LogP contribution >= 0.6 is 0 Å². The van der Waals surface area contributed by atoms with Crippen molar-refractivity contribution in [3.63, 3.8) is 0 Å². The maximum absolute atomic E-state index is 12.5. The molecular weight excluding hydrogens is 384 g/mol. The van der Waals surface area contributed by atoms with Crippen molar-refractivity contribution in [1.82, 2.24) is 0 Å². The van der Waals surface area contributed by atoms with Crippen LogP contribution < -0.4 is 0 Å². The Morgan fingerprint density at radius 2 is 1.32 bits per heavy atom. The van der Waals surface area contributed by atoms with Gasteiger partial charge >= 0.3 is 5.97 Å². The first-order chi connectivity index (χ1) is 12.5. The lowest BCUT2D eigenvalue weighted by molar-refractivity contribution is -0.155. The van der Waals surface area contributed by atoms with Crippen LogP contribution in [0, 0.1) is 17.8 Å². The molecule has 0 heterocycles. The minimum absolute atomic E-state index is 0.0194. The lowest BCUT2D eigenvalue weighted by Gasteiger charge is -2.54. The van der Waals surface area contributed by atoms with E-state index in [0.29, 0.717) is 0 Å². The van der Waals surface area contributed by atoms with Crippen LogP contribution in [0.4, 0.5) is 0 Å². The maximum Gasteiger partial charge on any atom is 0.309 e. The van der Waals surface area contributed by atoms with Crippen LogP contribution in [0.25, 0.3) is 0 Å². The fourth-order valence-electron chi connectivity index (χ4n) is 3.72. The molecule has 3 aliphatic rings. The van der Waals surface area contributed by atoms with Gasteiger partial charge in [0.25, 0.3) is 0 Å². The Labute approximate surface area is 174 Å². The van der Waals surface area contributed by atoms with Gasteiger partial charge in [0.05, 0.1) is 25.2 Å². The molecule has 5 atom stereocenters. The monoisotopic (exact) mass is 426 g/mol. The smallest absolute Gasteiger partial charge is 0.309 e. The minimum Gasteiger partial charge on any atom is -0.469 e. The van der Waals surface area contributed by atoms with E-state index < -0.39 is 16.6 Å². The Kier molecular flexibility index (Phi) is 6.53. The van der Waals surface area contributed by atoms with Gasteiger partial charge in [-0.1, -0.05) is 53.7 Å². The van der Waals surface area contributed by atoms with Gasteiger partial charge in [-0.05, 0) is 42.7 Å². The number of carbonyl (C=O) groups excluding carboxylic acids is 1. The Morgan fingerprint density at radius 3 is 1.75 bits per heavy atom. The number of hydrogen-bond acceptors (Lipinski definition) is 4. The number of hydrogen-bond donors (Lipinski definition) is 0. The first-order valence-corrected chi connectivity index (χ1v) is 16.5. The van der Waals surface area contributed by atoms with Gasteiger partial charge in [-0.25, -0.2) is 0 Å². The first kappa shape index (κ1) is 23.8. The van der Waals surface area contributed by atoms with Crippen LogP contribution in [0.15, 0.2) is 12.2 Å². The molecule has 3 rings (SSSR count). The predicted molar refractivity (Wildman–Crippen MR) is 120 cm³/mol. The molecule has 0 aliphatic heterocycles. The molecule has 0 saturated heterocycles. The second-order valence-corrected chi connectivity index (χ2v) is 21.2. The van der Waals surface area contributed by atoms with Gasteiger partial charge in [0.15, 0.2) is 16.6 Å². The summed E-state index contributed by atoms with van der Waals surface area (Å²) in [6, 6.07) is 0. The molecule has 1 fully saturated rings. The summed E-state index contributed by atoms with van der Waals surface area (Å²) in [6.07, 6.45) is 5.19. The van der Waals surface area contributed by atoms with Gasteiger partial charge in [0.2, 0.25) is 0 Å². The van der Waals surface area contributed by atoms with Gasteiger partial charge < -0.3 is 13.6 Å². The van der Waals surface area contributed by atoms with Crippen molar-refractivity contribution >= 4 is 22.6 Å². The van der Waals surface area contributed by atoms with Gasteiger partial charge in [0, 0.05) is 11.8 Å². The molecule has 0 N–H and O–H groups in total. The Hall–Kier alpha value is -0.436. The average Bonchev–Trinajstić information content (AvgIpc) is 2.54. The second-order valence-electron chi connectivity index (χ2n) is 11.7. The van der Waals surface area contributed by atoms with Crippen molar-refractivity contribution in [2.24, 2.45) is 17.8 Å². The summed E-state index contributed by atoms with van der Waals surface area (Å²) in [5, 5.41) is 0.242. The molecule has 0 spiro atoms. The standard InChI is InChI=1S/C22H42O4Si2/c1-21(2,3)27(8,9)25-18-15-12-13-16(17(14-15)20(23)24-7)19(18)26-28(10,11)22(4,5)6/h12-13,15-19H,14H2,1-11H3/t15-,16+,17?,18-,19-/m0/s1. The number of rotatable bonds is 5. The third kappa shape index (κ3) is 4.50. The van der Waals surface area contributed by atoms with Gasteiger partial charge in [-0.2, -0.15) is 0 Å². The molecule has 28 heavy (non-hydrogen) atoms. The molecule has 0 aromatic heterocycles. The van der Waals surface area contributed by atoms with Crippen molar-refractivity contribution in [2.45, 2.75) is 96.4 Å². The highest BCUT2D eigenvalue weighted by atomic mass is 28.4. The van der Waals surface area contributed by atoms with E-state index in [1.165, 1.54) is 7.11 Å². The molecule has 0 aromatic rings. The van der Waals surface area contributed by atoms with Crippen molar-refractivity contribution in [1.29, 1.82) is 0 Å². The van der Waals surface area contributed by atoms with E-state index in [4.69, 9.17) is 13.6 Å². The minimum atomic E-state index is -2.02. The largest absolute Gasteiger partial charge is 0.469 e. The fourth-order valence-corrected chi connectivity index (χ4v) is 6.39. The predicted octanol–water partition coefficient (Wildman–Crippen LogP) is 5.76. The average molecular weight is 427 g/mol. The third-order valence-corrected chi connectivity index (χ3v) is 16.6. The van der Waals surface area contributed by atoms with Crippen molar-refractivity contribution in [2.75, 3.05) is 7.11 Å². The van der Waals surface area contributed by atoms with E-state index >= 15 is 0 Å². The zero-order valence-corrected chi connectivity index (χ0v) is 21.9. The lowest BCUT2D eigenvalue weighted by atomic mass is 9.66. The molecule has 0 amide bonds. The van der Waals surface area contributed by atoms with Crippen LogP contribution in [-0.2, 0) is 18.4 Å². The summed E-state index contributed by atoms with van der Waals surface area (Å²) in [4.78, 5) is 12.5. The summed E-state index contributed by atoms with van der Waals surface area (Å²) in [6.45, 7) is 22.8. The summed E-state index contributed by atoms with van der Waals surface area (Å²) in [5.74, 6) is -0.0117. The van der Waals surface area contributed by atoms with Crippen molar-refractivity contribution < 1.29 is 18.4 Å². The lowest BCUT2D eigenvalue weighted by Crippen LogP contribution is -2.61. The summed E-state index contributed by atoms with van der Waals surface area (Å²) in [7, 11) is -2.50. The highest BCUT2D eigenvalue weighted by Gasteiger charge is 2.55. The molecule has 2 bridgehead atoms. The van der Waals surface area contributed by atoms with E-state index in [9.17, 15) is 4.79 Å². The molecule has 3 aliphatic carbocycles. The van der Waals surface area contributed by atoms with Gasteiger partial charge in [0.1, 0.15) is 0 Å². The Balaban J connectivity index is 2.40. The molecule has 4 nitrogen and oxygen atoms in total. The molecule has 0 aromatic carbocycles. The SMILES string of the molecule is COC(=O)C1C[C@@H]2C=C[C@H]1[C@H](O[Si](C)(C)C(C)(C)C)[C@H]2O[Si](C)(C)C(C)(C)C.